The van der Waals surface area contributed by atoms with Crippen molar-refractivity contribution in [3.05, 3.63) is 0 Å². The Morgan fingerprint density at radius 1 is 1.64 bits per heavy atom. The van der Waals surface area contributed by atoms with Gasteiger partial charge in [-0.2, -0.15) is 0 Å². The molecule has 4 nitrogen and oxygen atoms in total. The zero-order chi connectivity index (χ0) is 10.6. The van der Waals surface area contributed by atoms with E-state index in [1.807, 2.05) is 0 Å². The highest BCUT2D eigenvalue weighted by atomic mass is 32.2. The zero-order valence-corrected chi connectivity index (χ0v) is 9.39. The van der Waals surface area contributed by atoms with Gasteiger partial charge < -0.3 is 10.6 Å². The van der Waals surface area contributed by atoms with Gasteiger partial charge in [0.2, 0.25) is 5.91 Å². The van der Waals surface area contributed by atoms with Gasteiger partial charge in [-0.15, -0.1) is 0 Å². The number of hydrogen-bond acceptors (Lipinski definition) is 3. The van der Waals surface area contributed by atoms with Crippen molar-refractivity contribution in [1.82, 2.24) is 4.90 Å². The Hall–Kier alpha value is -0.420. The number of likely N-dealkylation sites (tertiary alicyclic amines) is 1. The third kappa shape index (κ3) is 3.38. The minimum Gasteiger partial charge on any atom is -0.341 e. The number of rotatable bonds is 4. The SMILES string of the molecule is CS(=O)CCCN1CCCC(N)C1=O. The molecule has 1 fully saturated rings. The van der Waals surface area contributed by atoms with Crippen molar-refractivity contribution < 1.29 is 9.00 Å². The topological polar surface area (TPSA) is 63.4 Å². The van der Waals surface area contributed by atoms with Crippen LogP contribution in [0.3, 0.4) is 0 Å². The molecule has 0 spiro atoms. The second-order valence-corrected chi connectivity index (χ2v) is 5.26. The van der Waals surface area contributed by atoms with Crippen molar-refractivity contribution in [3.63, 3.8) is 0 Å². The van der Waals surface area contributed by atoms with Crippen LogP contribution in [0.1, 0.15) is 19.3 Å². The highest BCUT2D eigenvalue weighted by Gasteiger charge is 2.24. The number of nitrogens with zero attached hydrogens (tertiary/aromatic N) is 1. The predicted molar refractivity (Wildman–Crippen MR) is 57.3 cm³/mol. The lowest BCUT2D eigenvalue weighted by Gasteiger charge is -2.30. The molecule has 1 rings (SSSR count). The molecular weight excluding hydrogens is 200 g/mol. The van der Waals surface area contributed by atoms with E-state index < -0.39 is 10.8 Å². The molecular formula is C9H18N2O2S. The summed E-state index contributed by atoms with van der Waals surface area (Å²) in [6.45, 7) is 1.51. The maximum absolute atomic E-state index is 11.5. The van der Waals surface area contributed by atoms with Crippen molar-refractivity contribution >= 4 is 16.7 Å². The summed E-state index contributed by atoms with van der Waals surface area (Å²) in [4.78, 5) is 13.3. The third-order valence-electron chi connectivity index (χ3n) is 2.43. The minimum atomic E-state index is -0.759. The van der Waals surface area contributed by atoms with E-state index in [1.54, 1.807) is 11.2 Å². The number of piperidine rings is 1. The van der Waals surface area contributed by atoms with E-state index in [4.69, 9.17) is 5.73 Å². The van der Waals surface area contributed by atoms with Gasteiger partial charge in [0, 0.05) is 35.9 Å². The van der Waals surface area contributed by atoms with E-state index in [9.17, 15) is 9.00 Å². The molecule has 14 heavy (non-hydrogen) atoms. The lowest BCUT2D eigenvalue weighted by atomic mass is 10.1. The summed E-state index contributed by atoms with van der Waals surface area (Å²) in [5, 5.41) is 0. The normalized spacial score (nSPS) is 25.1. The Morgan fingerprint density at radius 2 is 2.36 bits per heavy atom. The Morgan fingerprint density at radius 3 is 3.00 bits per heavy atom. The van der Waals surface area contributed by atoms with Crippen LogP contribution in [-0.2, 0) is 15.6 Å². The van der Waals surface area contributed by atoms with Gasteiger partial charge in [-0.3, -0.25) is 9.00 Å². The maximum atomic E-state index is 11.5. The summed E-state index contributed by atoms with van der Waals surface area (Å²) in [6.07, 6.45) is 4.28. The fourth-order valence-electron chi connectivity index (χ4n) is 1.65. The van der Waals surface area contributed by atoms with E-state index in [1.165, 1.54) is 0 Å². The number of carbonyl (C=O) groups is 1. The summed E-state index contributed by atoms with van der Waals surface area (Å²) < 4.78 is 10.8. The standard InChI is InChI=1S/C9H18N2O2S/c1-14(13)7-3-6-11-5-2-4-8(10)9(11)12/h8H,2-7,10H2,1H3. The highest BCUT2D eigenvalue weighted by molar-refractivity contribution is 7.84. The maximum Gasteiger partial charge on any atom is 0.239 e. The van der Waals surface area contributed by atoms with Gasteiger partial charge in [0.05, 0.1) is 6.04 Å². The number of nitrogens with two attached hydrogens (primary N) is 1. The molecule has 0 aromatic carbocycles. The summed E-state index contributed by atoms with van der Waals surface area (Å²) in [5.41, 5.74) is 5.65. The van der Waals surface area contributed by atoms with E-state index in [-0.39, 0.29) is 11.9 Å². The van der Waals surface area contributed by atoms with Gasteiger partial charge >= 0.3 is 0 Å². The van der Waals surface area contributed by atoms with Crippen LogP contribution in [-0.4, -0.2) is 46.2 Å². The van der Waals surface area contributed by atoms with Crippen LogP contribution in [0, 0.1) is 0 Å². The first-order valence-corrected chi connectivity index (χ1v) is 6.68. The lowest BCUT2D eigenvalue weighted by Crippen LogP contribution is -2.48. The molecule has 1 aliphatic heterocycles. The first-order chi connectivity index (χ1) is 6.61. The molecule has 0 aliphatic carbocycles. The first-order valence-electron chi connectivity index (χ1n) is 4.95. The van der Waals surface area contributed by atoms with Gasteiger partial charge in [0.25, 0.3) is 0 Å². The third-order valence-corrected chi connectivity index (χ3v) is 3.30. The van der Waals surface area contributed by atoms with Crippen molar-refractivity contribution in [2.75, 3.05) is 25.1 Å². The average Bonchev–Trinajstić information content (AvgIpc) is 2.12. The molecule has 2 unspecified atom stereocenters. The molecule has 0 radical (unpaired) electrons. The van der Waals surface area contributed by atoms with E-state index >= 15 is 0 Å². The molecule has 0 aromatic rings. The van der Waals surface area contributed by atoms with Crippen molar-refractivity contribution in [3.8, 4) is 0 Å². The van der Waals surface area contributed by atoms with Crippen molar-refractivity contribution in [2.24, 2.45) is 5.73 Å². The molecule has 82 valence electrons. The number of amides is 1. The summed E-state index contributed by atoms with van der Waals surface area (Å²) >= 11 is 0. The molecule has 2 atom stereocenters. The average molecular weight is 218 g/mol. The second kappa shape index (κ2) is 5.46. The van der Waals surface area contributed by atoms with Crippen LogP contribution in [0.2, 0.25) is 0 Å². The van der Waals surface area contributed by atoms with Crippen LogP contribution in [0.5, 0.6) is 0 Å². The molecule has 2 N–H and O–H groups in total. The van der Waals surface area contributed by atoms with Gasteiger partial charge in [0.15, 0.2) is 0 Å². The quantitative estimate of drug-likeness (QED) is 0.705. The van der Waals surface area contributed by atoms with Crippen LogP contribution in [0.4, 0.5) is 0 Å². The fourth-order valence-corrected chi connectivity index (χ4v) is 2.19. The van der Waals surface area contributed by atoms with Gasteiger partial charge in [-0.25, -0.2) is 0 Å². The largest absolute Gasteiger partial charge is 0.341 e. The molecule has 5 heteroatoms. The van der Waals surface area contributed by atoms with Crippen molar-refractivity contribution in [1.29, 1.82) is 0 Å². The molecule has 1 heterocycles. The zero-order valence-electron chi connectivity index (χ0n) is 8.57. The Labute approximate surface area is 87.3 Å². The number of hydrogen-bond donors (Lipinski definition) is 1. The molecule has 0 aromatic heterocycles. The highest BCUT2D eigenvalue weighted by Crippen LogP contribution is 2.10. The van der Waals surface area contributed by atoms with Crippen LogP contribution < -0.4 is 5.73 Å². The Kier molecular flexibility index (Phi) is 4.54. The molecule has 0 bridgehead atoms. The Balaban J connectivity index is 2.29. The molecule has 1 amide bonds. The van der Waals surface area contributed by atoms with Gasteiger partial charge in [0.1, 0.15) is 0 Å². The van der Waals surface area contributed by atoms with Crippen LogP contribution in [0.25, 0.3) is 0 Å². The van der Waals surface area contributed by atoms with E-state index in [0.29, 0.717) is 12.3 Å². The Bertz CT molecular complexity index is 233. The van der Waals surface area contributed by atoms with Gasteiger partial charge in [-0.05, 0) is 19.3 Å². The second-order valence-electron chi connectivity index (χ2n) is 3.70. The summed E-state index contributed by atoms with van der Waals surface area (Å²) in [6, 6.07) is -0.309. The minimum absolute atomic E-state index is 0.0538. The lowest BCUT2D eigenvalue weighted by molar-refractivity contribution is -0.134. The first kappa shape index (κ1) is 11.7. The van der Waals surface area contributed by atoms with Crippen LogP contribution >= 0.6 is 0 Å². The van der Waals surface area contributed by atoms with Crippen LogP contribution in [0.15, 0.2) is 0 Å². The van der Waals surface area contributed by atoms with E-state index in [0.717, 1.165) is 25.8 Å². The molecule has 0 saturated carbocycles. The molecule has 1 saturated heterocycles. The summed E-state index contributed by atoms with van der Waals surface area (Å²) in [7, 11) is -0.759. The number of carbonyl (C=O) groups excluding carboxylic acids is 1. The fraction of sp³-hybridized carbons (Fsp3) is 0.889. The van der Waals surface area contributed by atoms with Crippen molar-refractivity contribution in [2.45, 2.75) is 25.3 Å². The van der Waals surface area contributed by atoms with Gasteiger partial charge in [-0.1, -0.05) is 0 Å². The monoisotopic (exact) mass is 218 g/mol. The molecule has 1 aliphatic rings. The predicted octanol–water partition coefficient (Wildman–Crippen LogP) is -0.295. The van der Waals surface area contributed by atoms with E-state index in [2.05, 4.69) is 0 Å². The smallest absolute Gasteiger partial charge is 0.239 e. The summed E-state index contributed by atoms with van der Waals surface area (Å²) in [5.74, 6) is 0.720.